The smallest absolute Gasteiger partial charge is 0.251 e. The Balaban J connectivity index is 1.71. The van der Waals surface area contributed by atoms with Gasteiger partial charge in [0.2, 0.25) is 0 Å². The van der Waals surface area contributed by atoms with Gasteiger partial charge in [-0.25, -0.2) is 4.99 Å². The quantitative estimate of drug-likeness (QED) is 0.363. The van der Waals surface area contributed by atoms with Gasteiger partial charge in [-0.15, -0.1) is 0 Å². The van der Waals surface area contributed by atoms with Gasteiger partial charge >= 0.3 is 0 Å². The molecule has 0 aliphatic carbocycles. The van der Waals surface area contributed by atoms with Crippen LogP contribution in [0.25, 0.3) is 0 Å². The van der Waals surface area contributed by atoms with Gasteiger partial charge in [-0.05, 0) is 37.6 Å². The topological polar surface area (TPSA) is 92.0 Å². The van der Waals surface area contributed by atoms with Crippen LogP contribution in [0, 0.1) is 0 Å². The maximum atomic E-state index is 11.8. The number of nitrogens with zero attached hydrogens (tertiary/aromatic N) is 2. The van der Waals surface area contributed by atoms with Crippen molar-refractivity contribution in [3.63, 3.8) is 0 Å². The first-order valence-corrected chi connectivity index (χ1v) is 8.90. The Morgan fingerprint density at radius 1 is 1.32 bits per heavy atom. The van der Waals surface area contributed by atoms with Gasteiger partial charge in [0, 0.05) is 31.7 Å². The molecule has 0 unspecified atom stereocenters. The first kappa shape index (κ1) is 19.2. The molecule has 0 bridgehead atoms. The van der Waals surface area contributed by atoms with Crippen LogP contribution in [0.3, 0.4) is 0 Å². The Morgan fingerprint density at radius 2 is 2.12 bits per heavy atom. The van der Waals surface area contributed by atoms with E-state index in [1.54, 1.807) is 6.07 Å². The molecule has 0 aromatic heterocycles. The van der Waals surface area contributed by atoms with Crippen LogP contribution in [-0.2, 0) is 11.3 Å². The number of carbonyl (C=O) groups is 1. The molecule has 1 saturated heterocycles. The Kier molecular flexibility index (Phi) is 8.21. The summed E-state index contributed by atoms with van der Waals surface area (Å²) >= 11 is 0. The van der Waals surface area contributed by atoms with Crippen LogP contribution in [0.5, 0.6) is 0 Å². The third-order valence-corrected chi connectivity index (χ3v) is 4.02. The number of guanidine groups is 1. The number of hydrogen-bond acceptors (Lipinski definition) is 4. The second-order valence-corrected chi connectivity index (χ2v) is 6.00. The maximum Gasteiger partial charge on any atom is 0.251 e. The Hall–Kier alpha value is -2.12. The summed E-state index contributed by atoms with van der Waals surface area (Å²) in [6, 6.07) is 7.45. The molecule has 4 N–H and O–H groups in total. The van der Waals surface area contributed by atoms with Crippen molar-refractivity contribution in [2.75, 3.05) is 45.9 Å². The molecule has 1 heterocycles. The molecule has 1 aromatic rings. The predicted molar refractivity (Wildman–Crippen MR) is 99.7 cm³/mol. The van der Waals surface area contributed by atoms with E-state index in [0.29, 0.717) is 24.6 Å². The summed E-state index contributed by atoms with van der Waals surface area (Å²) in [5, 5.41) is 5.93. The van der Waals surface area contributed by atoms with E-state index in [9.17, 15) is 4.79 Å². The summed E-state index contributed by atoms with van der Waals surface area (Å²) in [4.78, 5) is 18.6. The average Bonchev–Trinajstić information content (AvgIpc) is 2.65. The highest BCUT2D eigenvalue weighted by atomic mass is 16.5. The molecular weight excluding hydrogens is 318 g/mol. The van der Waals surface area contributed by atoms with E-state index in [1.165, 1.54) is 0 Å². The highest BCUT2D eigenvalue weighted by Gasteiger charge is 2.09. The van der Waals surface area contributed by atoms with Crippen molar-refractivity contribution >= 4 is 11.9 Å². The second-order valence-electron chi connectivity index (χ2n) is 6.00. The lowest BCUT2D eigenvalue weighted by atomic mass is 10.1. The highest BCUT2D eigenvalue weighted by Crippen LogP contribution is 2.06. The number of aliphatic imine (C=N–C) groups is 1. The van der Waals surface area contributed by atoms with Crippen LogP contribution >= 0.6 is 0 Å². The lowest BCUT2D eigenvalue weighted by Gasteiger charge is -2.26. The van der Waals surface area contributed by atoms with Crippen molar-refractivity contribution in [3.05, 3.63) is 35.4 Å². The highest BCUT2D eigenvalue weighted by molar-refractivity contribution is 5.94. The van der Waals surface area contributed by atoms with Crippen molar-refractivity contribution < 1.29 is 9.53 Å². The number of hydrogen-bond donors (Lipinski definition) is 3. The summed E-state index contributed by atoms with van der Waals surface area (Å²) in [6.45, 7) is 8.47. The molecule has 1 aromatic carbocycles. The third-order valence-electron chi connectivity index (χ3n) is 4.02. The van der Waals surface area contributed by atoms with Crippen LogP contribution in [0.2, 0.25) is 0 Å². The van der Waals surface area contributed by atoms with E-state index in [0.717, 1.165) is 51.4 Å². The van der Waals surface area contributed by atoms with Crippen molar-refractivity contribution in [3.8, 4) is 0 Å². The first-order valence-electron chi connectivity index (χ1n) is 8.90. The number of nitrogens with one attached hydrogen (secondary N) is 2. The second kappa shape index (κ2) is 10.7. The van der Waals surface area contributed by atoms with Crippen molar-refractivity contribution in [1.82, 2.24) is 15.5 Å². The van der Waals surface area contributed by atoms with E-state index in [4.69, 9.17) is 10.5 Å². The molecule has 0 saturated carbocycles. The standard InChI is InChI=1S/C18H29N5O2/c1-2-20-17(24)16-6-3-5-15(13-16)14-22-18(19)21-7-4-8-23-9-11-25-12-10-23/h3,5-6,13H,2,4,7-12,14H2,1H3,(H,20,24)(H3,19,21,22). The van der Waals surface area contributed by atoms with Gasteiger partial charge in [0.15, 0.2) is 5.96 Å². The summed E-state index contributed by atoms with van der Waals surface area (Å²) in [6.07, 6.45) is 1.02. The zero-order chi connectivity index (χ0) is 17.9. The molecule has 7 nitrogen and oxygen atoms in total. The van der Waals surface area contributed by atoms with Gasteiger partial charge in [0.05, 0.1) is 19.8 Å². The van der Waals surface area contributed by atoms with Crippen molar-refractivity contribution in [1.29, 1.82) is 0 Å². The number of ether oxygens (including phenoxy) is 1. The Morgan fingerprint density at radius 3 is 2.88 bits per heavy atom. The molecule has 0 radical (unpaired) electrons. The minimum absolute atomic E-state index is 0.0671. The van der Waals surface area contributed by atoms with E-state index in [2.05, 4.69) is 20.5 Å². The van der Waals surface area contributed by atoms with Gasteiger partial charge in [0.1, 0.15) is 0 Å². The van der Waals surface area contributed by atoms with Crippen LogP contribution in [0.4, 0.5) is 0 Å². The summed E-state index contributed by atoms with van der Waals surface area (Å²) in [5.41, 5.74) is 7.52. The van der Waals surface area contributed by atoms with Crippen molar-refractivity contribution in [2.24, 2.45) is 10.7 Å². The molecule has 7 heteroatoms. The first-order chi connectivity index (χ1) is 12.2. The van der Waals surface area contributed by atoms with Gasteiger partial charge in [0.25, 0.3) is 5.91 Å². The largest absolute Gasteiger partial charge is 0.379 e. The van der Waals surface area contributed by atoms with Crippen LogP contribution < -0.4 is 16.4 Å². The number of morpholine rings is 1. The zero-order valence-corrected chi connectivity index (χ0v) is 15.0. The van der Waals surface area contributed by atoms with Gasteiger partial charge in [-0.3, -0.25) is 9.69 Å². The number of amides is 1. The van der Waals surface area contributed by atoms with Crippen molar-refractivity contribution in [2.45, 2.75) is 19.9 Å². The predicted octanol–water partition coefficient (Wildman–Crippen LogP) is 0.563. The van der Waals surface area contributed by atoms with Crippen LogP contribution in [-0.4, -0.2) is 62.7 Å². The number of benzene rings is 1. The molecule has 25 heavy (non-hydrogen) atoms. The molecule has 0 atom stereocenters. The molecule has 0 spiro atoms. The molecule has 1 amide bonds. The van der Waals surface area contributed by atoms with E-state index in [-0.39, 0.29) is 5.91 Å². The van der Waals surface area contributed by atoms with Crippen LogP contribution in [0.1, 0.15) is 29.3 Å². The molecule has 2 rings (SSSR count). The molecule has 138 valence electrons. The van der Waals surface area contributed by atoms with Crippen LogP contribution in [0.15, 0.2) is 29.3 Å². The summed E-state index contributed by atoms with van der Waals surface area (Å²) in [5.74, 6) is 0.368. The number of carbonyl (C=O) groups excluding carboxylic acids is 1. The fourth-order valence-corrected chi connectivity index (χ4v) is 2.65. The fourth-order valence-electron chi connectivity index (χ4n) is 2.65. The van der Waals surface area contributed by atoms with E-state index >= 15 is 0 Å². The summed E-state index contributed by atoms with van der Waals surface area (Å²) in [7, 11) is 0. The maximum absolute atomic E-state index is 11.8. The number of nitrogens with two attached hydrogens (primary N) is 1. The number of rotatable bonds is 8. The molecule has 1 aliphatic rings. The third kappa shape index (κ3) is 7.11. The minimum Gasteiger partial charge on any atom is -0.379 e. The average molecular weight is 347 g/mol. The molecule has 1 fully saturated rings. The Labute approximate surface area is 149 Å². The normalized spacial score (nSPS) is 15.8. The van der Waals surface area contributed by atoms with E-state index < -0.39 is 0 Å². The Bertz CT molecular complexity index is 570. The summed E-state index contributed by atoms with van der Waals surface area (Å²) < 4.78 is 5.33. The SMILES string of the molecule is CCNC(=O)c1cccc(CN=C(N)NCCCN2CCOCC2)c1. The zero-order valence-electron chi connectivity index (χ0n) is 15.0. The minimum atomic E-state index is -0.0671. The van der Waals surface area contributed by atoms with Gasteiger partial charge < -0.3 is 21.1 Å². The van der Waals surface area contributed by atoms with Gasteiger partial charge in [-0.2, -0.15) is 0 Å². The lowest BCUT2D eigenvalue weighted by Crippen LogP contribution is -2.39. The lowest BCUT2D eigenvalue weighted by molar-refractivity contribution is 0.0376. The van der Waals surface area contributed by atoms with Gasteiger partial charge in [-0.1, -0.05) is 12.1 Å². The molecule has 1 aliphatic heterocycles. The van der Waals surface area contributed by atoms with E-state index in [1.807, 2.05) is 25.1 Å². The molecular formula is C18H29N5O2. The fraction of sp³-hybridized carbons (Fsp3) is 0.556. The monoisotopic (exact) mass is 347 g/mol.